The molecular formula is C14H21FN2O. The van der Waals surface area contributed by atoms with Crippen molar-refractivity contribution >= 4 is 5.91 Å². The number of carbonyl (C=O) groups is 1. The summed E-state index contributed by atoms with van der Waals surface area (Å²) in [5, 5.41) is 5.93. The summed E-state index contributed by atoms with van der Waals surface area (Å²) in [5.74, 6) is -0.386. The highest BCUT2D eigenvalue weighted by molar-refractivity contribution is 5.78. The minimum Gasteiger partial charge on any atom is -0.348 e. The van der Waals surface area contributed by atoms with Gasteiger partial charge in [-0.05, 0) is 45.4 Å². The Bertz CT molecular complexity index is 413. The van der Waals surface area contributed by atoms with E-state index >= 15 is 0 Å². The molecule has 0 fully saturated rings. The maximum absolute atomic E-state index is 13.0. The lowest BCUT2D eigenvalue weighted by Crippen LogP contribution is -2.43. The molecule has 0 saturated heterocycles. The van der Waals surface area contributed by atoms with Gasteiger partial charge in [0.15, 0.2) is 0 Å². The predicted octanol–water partition coefficient (Wildman–Crippen LogP) is 2.39. The van der Waals surface area contributed by atoms with Gasteiger partial charge in [-0.1, -0.05) is 12.1 Å². The van der Waals surface area contributed by atoms with Crippen LogP contribution in [-0.4, -0.2) is 18.0 Å². The summed E-state index contributed by atoms with van der Waals surface area (Å²) in [5.41, 5.74) is 0.665. The van der Waals surface area contributed by atoms with Crippen LogP contribution < -0.4 is 10.6 Å². The van der Waals surface area contributed by atoms with Gasteiger partial charge in [0.2, 0.25) is 5.91 Å². The molecule has 1 atom stereocenters. The smallest absolute Gasteiger partial charge is 0.234 e. The van der Waals surface area contributed by atoms with E-state index in [2.05, 4.69) is 10.6 Å². The Labute approximate surface area is 108 Å². The maximum atomic E-state index is 13.0. The first-order valence-corrected chi connectivity index (χ1v) is 6.08. The van der Waals surface area contributed by atoms with Gasteiger partial charge in [0.25, 0.3) is 0 Å². The summed E-state index contributed by atoms with van der Waals surface area (Å²) in [7, 11) is 0. The van der Waals surface area contributed by atoms with E-state index in [0.29, 0.717) is 0 Å². The highest BCUT2D eigenvalue weighted by atomic mass is 19.1. The molecule has 2 N–H and O–H groups in total. The quantitative estimate of drug-likeness (QED) is 0.864. The van der Waals surface area contributed by atoms with Gasteiger partial charge in [0, 0.05) is 5.54 Å². The Morgan fingerprint density at radius 1 is 1.39 bits per heavy atom. The van der Waals surface area contributed by atoms with Crippen molar-refractivity contribution in [1.29, 1.82) is 0 Å². The van der Waals surface area contributed by atoms with Crippen LogP contribution in [0.15, 0.2) is 24.3 Å². The zero-order chi connectivity index (χ0) is 13.8. The highest BCUT2D eigenvalue weighted by Gasteiger charge is 2.13. The largest absolute Gasteiger partial charge is 0.348 e. The van der Waals surface area contributed by atoms with Crippen LogP contribution in [0.5, 0.6) is 0 Å². The van der Waals surface area contributed by atoms with Crippen molar-refractivity contribution in [3.05, 3.63) is 35.6 Å². The summed E-state index contributed by atoms with van der Waals surface area (Å²) in [6.45, 7) is 8.08. The van der Waals surface area contributed by atoms with Crippen molar-refractivity contribution in [3.8, 4) is 0 Å². The first-order chi connectivity index (χ1) is 8.28. The molecule has 1 rings (SSSR count). The first kappa shape index (κ1) is 14.6. The number of benzene rings is 1. The molecule has 0 aliphatic rings. The molecule has 3 nitrogen and oxygen atoms in total. The van der Waals surface area contributed by atoms with E-state index in [9.17, 15) is 9.18 Å². The molecule has 0 saturated carbocycles. The average molecular weight is 252 g/mol. The summed E-state index contributed by atoms with van der Waals surface area (Å²) in [6.07, 6.45) is 0. The summed E-state index contributed by atoms with van der Waals surface area (Å²) in [4.78, 5) is 11.7. The number of halogens is 1. The third-order valence-corrected chi connectivity index (χ3v) is 2.51. The molecule has 1 aromatic carbocycles. The van der Waals surface area contributed by atoms with E-state index in [1.807, 2.05) is 27.7 Å². The third kappa shape index (κ3) is 5.27. The third-order valence-electron chi connectivity index (χ3n) is 2.51. The highest BCUT2D eigenvalue weighted by Crippen LogP contribution is 2.13. The van der Waals surface area contributed by atoms with E-state index in [-0.39, 0.29) is 29.8 Å². The number of rotatable bonds is 4. The lowest BCUT2D eigenvalue weighted by molar-refractivity contribution is -0.121. The van der Waals surface area contributed by atoms with Gasteiger partial charge >= 0.3 is 0 Å². The van der Waals surface area contributed by atoms with E-state index in [1.165, 1.54) is 12.1 Å². The molecule has 0 spiro atoms. The molecule has 0 bridgehead atoms. The van der Waals surface area contributed by atoms with Crippen molar-refractivity contribution in [2.75, 3.05) is 6.54 Å². The second-order valence-electron chi connectivity index (χ2n) is 5.45. The Hall–Kier alpha value is -1.42. The molecule has 18 heavy (non-hydrogen) atoms. The summed E-state index contributed by atoms with van der Waals surface area (Å²) >= 11 is 0. The van der Waals surface area contributed by atoms with Gasteiger partial charge in [-0.2, -0.15) is 0 Å². The van der Waals surface area contributed by atoms with Gasteiger partial charge in [-0.25, -0.2) is 4.39 Å². The van der Waals surface area contributed by atoms with E-state index in [1.54, 1.807) is 12.1 Å². The molecule has 0 aliphatic heterocycles. The van der Waals surface area contributed by atoms with Crippen LogP contribution in [0.25, 0.3) is 0 Å². The minimum absolute atomic E-state index is 0.0957. The Morgan fingerprint density at radius 3 is 2.61 bits per heavy atom. The lowest BCUT2D eigenvalue weighted by Gasteiger charge is -2.21. The van der Waals surface area contributed by atoms with Crippen LogP contribution in [0.4, 0.5) is 4.39 Å². The predicted molar refractivity (Wildman–Crippen MR) is 70.7 cm³/mol. The van der Waals surface area contributed by atoms with Crippen molar-refractivity contribution in [3.63, 3.8) is 0 Å². The number of amides is 1. The van der Waals surface area contributed by atoms with Crippen molar-refractivity contribution in [2.45, 2.75) is 39.3 Å². The van der Waals surface area contributed by atoms with Gasteiger partial charge < -0.3 is 10.6 Å². The van der Waals surface area contributed by atoms with E-state index in [0.717, 1.165) is 5.56 Å². The van der Waals surface area contributed by atoms with Crippen LogP contribution >= 0.6 is 0 Å². The Kier molecular flexibility index (Phi) is 4.84. The van der Waals surface area contributed by atoms with Crippen LogP contribution in [0.3, 0.4) is 0 Å². The maximum Gasteiger partial charge on any atom is 0.234 e. The molecule has 0 aliphatic carbocycles. The molecule has 0 heterocycles. The van der Waals surface area contributed by atoms with Crippen LogP contribution in [0, 0.1) is 5.82 Å². The molecule has 4 heteroatoms. The van der Waals surface area contributed by atoms with Crippen molar-refractivity contribution in [2.24, 2.45) is 0 Å². The fourth-order valence-corrected chi connectivity index (χ4v) is 1.50. The normalized spacial score (nSPS) is 13.2. The number of hydrogen-bond acceptors (Lipinski definition) is 2. The van der Waals surface area contributed by atoms with E-state index < -0.39 is 0 Å². The molecule has 0 unspecified atom stereocenters. The van der Waals surface area contributed by atoms with Crippen LogP contribution in [0.1, 0.15) is 39.3 Å². The second kappa shape index (κ2) is 5.96. The molecule has 0 aromatic heterocycles. The van der Waals surface area contributed by atoms with Crippen molar-refractivity contribution < 1.29 is 9.18 Å². The van der Waals surface area contributed by atoms with Gasteiger partial charge in [0.1, 0.15) is 5.82 Å². The zero-order valence-electron chi connectivity index (χ0n) is 11.4. The lowest BCUT2D eigenvalue weighted by atomic mass is 10.1. The Morgan fingerprint density at radius 2 is 2.06 bits per heavy atom. The van der Waals surface area contributed by atoms with Crippen LogP contribution in [0.2, 0.25) is 0 Å². The first-order valence-electron chi connectivity index (χ1n) is 6.08. The van der Waals surface area contributed by atoms with Gasteiger partial charge in [0.05, 0.1) is 12.6 Å². The van der Waals surface area contributed by atoms with Crippen molar-refractivity contribution in [1.82, 2.24) is 10.6 Å². The molecular weight excluding hydrogens is 231 g/mol. The average Bonchev–Trinajstić information content (AvgIpc) is 2.25. The minimum atomic E-state index is -0.290. The molecule has 1 amide bonds. The standard InChI is InChI=1S/C14H21FN2O/c1-10(11-6-5-7-12(15)8-11)17-13(18)9-16-14(2,3)4/h5-8,10,16H,9H2,1-4H3,(H,17,18)/t10-/m0/s1. The van der Waals surface area contributed by atoms with E-state index in [4.69, 9.17) is 0 Å². The topological polar surface area (TPSA) is 41.1 Å². The van der Waals surface area contributed by atoms with Gasteiger partial charge in [-0.3, -0.25) is 4.79 Å². The number of hydrogen-bond donors (Lipinski definition) is 2. The Balaban J connectivity index is 2.50. The summed E-state index contributed by atoms with van der Waals surface area (Å²) < 4.78 is 13.0. The van der Waals surface area contributed by atoms with Crippen LogP contribution in [-0.2, 0) is 4.79 Å². The summed E-state index contributed by atoms with van der Waals surface area (Å²) in [6, 6.07) is 6.06. The molecule has 100 valence electrons. The number of carbonyl (C=O) groups excluding carboxylic acids is 1. The molecule has 0 radical (unpaired) electrons. The molecule has 1 aromatic rings. The fourth-order valence-electron chi connectivity index (χ4n) is 1.50. The fraction of sp³-hybridized carbons (Fsp3) is 0.500. The van der Waals surface area contributed by atoms with Gasteiger partial charge in [-0.15, -0.1) is 0 Å². The number of nitrogens with one attached hydrogen (secondary N) is 2. The monoisotopic (exact) mass is 252 g/mol. The second-order valence-corrected chi connectivity index (χ2v) is 5.45. The zero-order valence-corrected chi connectivity index (χ0v) is 11.4. The SMILES string of the molecule is C[C@H](NC(=O)CNC(C)(C)C)c1cccc(F)c1.